The molecular formula is C28H29N5O. The van der Waals surface area contributed by atoms with E-state index in [4.69, 9.17) is 9.84 Å². The third kappa shape index (κ3) is 3.09. The van der Waals surface area contributed by atoms with Gasteiger partial charge in [0.05, 0.1) is 18.8 Å². The first-order valence-electron chi connectivity index (χ1n) is 12.0. The van der Waals surface area contributed by atoms with Gasteiger partial charge in [-0.15, -0.1) is 5.10 Å². The van der Waals surface area contributed by atoms with Gasteiger partial charge in [0.25, 0.3) is 0 Å². The largest absolute Gasteiger partial charge is 0.494 e. The number of H-pyrrole nitrogens is 1. The van der Waals surface area contributed by atoms with Crippen molar-refractivity contribution in [3.63, 3.8) is 0 Å². The molecule has 1 aliphatic heterocycles. The molecule has 0 bridgehead atoms. The molecule has 0 radical (unpaired) electrons. The van der Waals surface area contributed by atoms with Gasteiger partial charge in [0, 0.05) is 51.0 Å². The molecule has 0 unspecified atom stereocenters. The zero-order chi connectivity index (χ0) is 23.4. The zero-order valence-electron chi connectivity index (χ0n) is 20.1. The number of nitrogens with one attached hydrogen (secondary N) is 1. The third-order valence-corrected chi connectivity index (χ3v) is 7.11. The van der Waals surface area contributed by atoms with Crippen LogP contribution in [0.4, 0.5) is 5.82 Å². The van der Waals surface area contributed by atoms with E-state index in [-0.39, 0.29) is 0 Å². The number of fused-ring (bicyclic) bond motifs is 4. The minimum atomic E-state index is 0.665. The van der Waals surface area contributed by atoms with Gasteiger partial charge in [-0.2, -0.15) is 5.10 Å². The Morgan fingerprint density at radius 1 is 0.941 bits per heavy atom. The Hall–Kier alpha value is -3.80. The van der Waals surface area contributed by atoms with Gasteiger partial charge < -0.3 is 19.2 Å². The minimum Gasteiger partial charge on any atom is -0.494 e. The number of benzene rings is 2. The van der Waals surface area contributed by atoms with Crippen molar-refractivity contribution in [3.05, 3.63) is 76.9 Å². The molecule has 0 spiro atoms. The van der Waals surface area contributed by atoms with Gasteiger partial charge in [-0.1, -0.05) is 18.2 Å². The molecule has 6 rings (SSSR count). The normalized spacial score (nSPS) is 13.6. The fourth-order valence-electron chi connectivity index (χ4n) is 5.62. The molecule has 0 saturated carbocycles. The maximum Gasteiger partial charge on any atom is 0.161 e. The van der Waals surface area contributed by atoms with Crippen molar-refractivity contribution in [1.82, 2.24) is 19.7 Å². The summed E-state index contributed by atoms with van der Waals surface area (Å²) in [6.07, 6.45) is 0.994. The van der Waals surface area contributed by atoms with E-state index >= 15 is 0 Å². The molecule has 2 aromatic carbocycles. The fraction of sp³-hybridized carbons (Fsp3) is 0.286. The second kappa shape index (κ2) is 7.90. The second-order valence-electron chi connectivity index (χ2n) is 9.09. The van der Waals surface area contributed by atoms with Crippen molar-refractivity contribution < 1.29 is 4.74 Å². The molecule has 0 fully saturated rings. The predicted molar refractivity (Wildman–Crippen MR) is 137 cm³/mol. The summed E-state index contributed by atoms with van der Waals surface area (Å²) in [6.45, 7) is 10.8. The van der Waals surface area contributed by atoms with E-state index < -0.39 is 0 Å². The topological polar surface area (TPSA) is 59.0 Å². The van der Waals surface area contributed by atoms with Crippen LogP contribution < -0.4 is 9.64 Å². The SMILES string of the molecule is CCOc1ccc(-n2c(C)c3c(C)nnc(N4CCc5c([nH]c6ccccc56)C4)c3c2C)cc1. The van der Waals surface area contributed by atoms with Crippen molar-refractivity contribution in [1.29, 1.82) is 0 Å². The summed E-state index contributed by atoms with van der Waals surface area (Å²) >= 11 is 0. The van der Waals surface area contributed by atoms with Crippen LogP contribution in [0.15, 0.2) is 48.5 Å². The van der Waals surface area contributed by atoms with E-state index in [2.05, 4.69) is 76.7 Å². The van der Waals surface area contributed by atoms with Gasteiger partial charge in [-0.3, -0.25) is 0 Å². The summed E-state index contributed by atoms with van der Waals surface area (Å²) in [4.78, 5) is 6.02. The number of hydrogen-bond donors (Lipinski definition) is 1. The van der Waals surface area contributed by atoms with E-state index in [1.54, 1.807) is 0 Å². The summed E-state index contributed by atoms with van der Waals surface area (Å²) < 4.78 is 7.96. The zero-order valence-corrected chi connectivity index (χ0v) is 20.1. The van der Waals surface area contributed by atoms with Crippen LogP contribution in [0.2, 0.25) is 0 Å². The molecule has 5 aromatic rings. The number of anilines is 1. The standard InChI is InChI=1S/C28H29N5O/c1-5-34-21-12-10-20(11-13-21)33-18(3)26-17(2)30-31-28(27(26)19(33)4)32-15-14-23-22-8-6-7-9-24(22)29-25(23)16-32/h6-13,29H,5,14-16H2,1-4H3. The predicted octanol–water partition coefficient (Wildman–Crippen LogP) is 5.79. The van der Waals surface area contributed by atoms with Gasteiger partial charge in [0.1, 0.15) is 5.75 Å². The highest BCUT2D eigenvalue weighted by atomic mass is 16.5. The fourth-order valence-corrected chi connectivity index (χ4v) is 5.62. The Kier molecular flexibility index (Phi) is 4.83. The summed E-state index contributed by atoms with van der Waals surface area (Å²) in [6, 6.07) is 16.9. The summed E-state index contributed by atoms with van der Waals surface area (Å²) in [5, 5.41) is 13.1. The third-order valence-electron chi connectivity index (χ3n) is 7.11. The first kappa shape index (κ1) is 20.8. The Bertz CT molecular complexity index is 1530. The van der Waals surface area contributed by atoms with Crippen LogP contribution in [0.1, 0.15) is 35.3 Å². The molecule has 0 aliphatic carbocycles. The number of aryl methyl sites for hydroxylation is 3. The lowest BCUT2D eigenvalue weighted by Crippen LogP contribution is -2.31. The number of ether oxygens (including phenoxy) is 1. The maximum atomic E-state index is 5.65. The van der Waals surface area contributed by atoms with Gasteiger partial charge in [-0.05, 0) is 70.0 Å². The van der Waals surface area contributed by atoms with Gasteiger partial charge in [0.2, 0.25) is 0 Å². The van der Waals surface area contributed by atoms with Crippen LogP contribution >= 0.6 is 0 Å². The van der Waals surface area contributed by atoms with E-state index in [0.29, 0.717) is 6.61 Å². The molecule has 4 heterocycles. The van der Waals surface area contributed by atoms with Crippen molar-refractivity contribution in [2.24, 2.45) is 0 Å². The first-order valence-corrected chi connectivity index (χ1v) is 12.0. The molecule has 6 nitrogen and oxygen atoms in total. The number of nitrogens with zero attached hydrogens (tertiary/aromatic N) is 4. The Labute approximate surface area is 199 Å². The quantitative estimate of drug-likeness (QED) is 0.376. The summed E-state index contributed by atoms with van der Waals surface area (Å²) in [5.74, 6) is 1.86. The van der Waals surface area contributed by atoms with E-state index in [0.717, 1.165) is 42.5 Å². The molecule has 0 amide bonds. The average molecular weight is 452 g/mol. The Balaban J connectivity index is 1.46. The van der Waals surface area contributed by atoms with E-state index in [1.807, 2.05) is 19.1 Å². The van der Waals surface area contributed by atoms with Gasteiger partial charge in [0.15, 0.2) is 5.82 Å². The van der Waals surface area contributed by atoms with Crippen LogP contribution in [-0.2, 0) is 13.0 Å². The Morgan fingerprint density at radius 2 is 1.71 bits per heavy atom. The van der Waals surface area contributed by atoms with E-state index in [1.165, 1.54) is 44.3 Å². The summed E-state index contributed by atoms with van der Waals surface area (Å²) in [7, 11) is 0. The monoisotopic (exact) mass is 451 g/mol. The van der Waals surface area contributed by atoms with Crippen LogP contribution in [0, 0.1) is 20.8 Å². The Morgan fingerprint density at radius 3 is 2.50 bits per heavy atom. The minimum absolute atomic E-state index is 0.665. The van der Waals surface area contributed by atoms with Gasteiger partial charge >= 0.3 is 0 Å². The molecular weight excluding hydrogens is 422 g/mol. The van der Waals surface area contributed by atoms with Crippen molar-refractivity contribution >= 4 is 27.5 Å². The van der Waals surface area contributed by atoms with Crippen molar-refractivity contribution in [3.8, 4) is 11.4 Å². The highest BCUT2D eigenvalue weighted by Crippen LogP contribution is 2.38. The lowest BCUT2D eigenvalue weighted by atomic mass is 10.0. The molecule has 3 aromatic heterocycles. The van der Waals surface area contributed by atoms with Crippen LogP contribution in [0.5, 0.6) is 5.75 Å². The molecule has 1 N–H and O–H groups in total. The second-order valence-corrected chi connectivity index (χ2v) is 9.09. The lowest BCUT2D eigenvalue weighted by molar-refractivity contribution is 0.340. The molecule has 34 heavy (non-hydrogen) atoms. The maximum absolute atomic E-state index is 5.65. The molecule has 6 heteroatoms. The highest BCUT2D eigenvalue weighted by Gasteiger charge is 2.26. The highest BCUT2D eigenvalue weighted by molar-refractivity contribution is 5.99. The van der Waals surface area contributed by atoms with Crippen molar-refractivity contribution in [2.75, 3.05) is 18.1 Å². The van der Waals surface area contributed by atoms with Crippen LogP contribution in [0.25, 0.3) is 27.4 Å². The smallest absolute Gasteiger partial charge is 0.161 e. The number of aromatic amines is 1. The molecule has 1 aliphatic rings. The number of para-hydroxylation sites is 1. The molecule has 172 valence electrons. The van der Waals surface area contributed by atoms with Crippen LogP contribution in [-0.4, -0.2) is 32.9 Å². The molecule has 0 saturated heterocycles. The molecule has 0 atom stereocenters. The first-order chi connectivity index (χ1) is 16.6. The number of aromatic nitrogens is 4. The average Bonchev–Trinajstić information content (AvgIpc) is 3.35. The van der Waals surface area contributed by atoms with Gasteiger partial charge in [-0.25, -0.2) is 0 Å². The van der Waals surface area contributed by atoms with Crippen LogP contribution in [0.3, 0.4) is 0 Å². The summed E-state index contributed by atoms with van der Waals surface area (Å²) in [5.41, 5.74) is 8.39. The number of rotatable bonds is 4. The lowest BCUT2D eigenvalue weighted by Gasteiger charge is -2.28. The van der Waals surface area contributed by atoms with Crippen molar-refractivity contribution in [2.45, 2.75) is 40.7 Å². The number of hydrogen-bond acceptors (Lipinski definition) is 4. The van der Waals surface area contributed by atoms with E-state index in [9.17, 15) is 0 Å².